The van der Waals surface area contributed by atoms with Gasteiger partial charge in [-0.25, -0.2) is 0 Å². The summed E-state index contributed by atoms with van der Waals surface area (Å²) >= 11 is 1.57. The molecule has 2 N–H and O–H groups in total. The van der Waals surface area contributed by atoms with Crippen molar-refractivity contribution in [1.82, 2.24) is 4.98 Å². The molecule has 3 aromatic rings. The highest BCUT2D eigenvalue weighted by Gasteiger charge is 2.17. The van der Waals surface area contributed by atoms with E-state index < -0.39 is 0 Å². The summed E-state index contributed by atoms with van der Waals surface area (Å²) in [6, 6.07) is 15.0. The smallest absolute Gasteiger partial charge is 0.315 e. The average molecular weight is 437 g/mol. The first-order valence-electron chi connectivity index (χ1n) is 10.9. The number of hydrogen-bond acceptors (Lipinski definition) is 5. The van der Waals surface area contributed by atoms with Crippen molar-refractivity contribution >= 4 is 28.6 Å². The van der Waals surface area contributed by atoms with Gasteiger partial charge in [0.15, 0.2) is 0 Å². The van der Waals surface area contributed by atoms with Crippen LogP contribution in [0, 0.1) is 12.8 Å². The van der Waals surface area contributed by atoms with Crippen molar-refractivity contribution < 1.29 is 9.53 Å². The Bertz CT molecular complexity index is 1050. The van der Waals surface area contributed by atoms with E-state index in [-0.39, 0.29) is 5.97 Å². The van der Waals surface area contributed by atoms with E-state index in [1.807, 2.05) is 6.92 Å². The van der Waals surface area contributed by atoms with Crippen molar-refractivity contribution in [2.45, 2.75) is 46.4 Å². The number of rotatable bonds is 9. The Morgan fingerprint density at radius 1 is 1.16 bits per heavy atom. The molecule has 0 amide bonds. The van der Waals surface area contributed by atoms with Crippen LogP contribution < -0.4 is 5.73 Å². The zero-order chi connectivity index (χ0) is 22.4. The molecule has 3 rings (SSSR count). The van der Waals surface area contributed by atoms with Gasteiger partial charge in [-0.1, -0.05) is 49.7 Å². The van der Waals surface area contributed by atoms with Gasteiger partial charge >= 0.3 is 5.97 Å². The second-order valence-corrected chi connectivity index (χ2v) is 9.22. The minimum Gasteiger partial charge on any atom is -0.465 e. The van der Waals surface area contributed by atoms with Gasteiger partial charge in [-0.15, -0.1) is 11.8 Å². The minimum atomic E-state index is -0.168. The molecule has 5 heteroatoms. The molecular weight excluding hydrogens is 404 g/mol. The average Bonchev–Trinajstić information content (AvgIpc) is 2.73. The van der Waals surface area contributed by atoms with E-state index in [1.54, 1.807) is 11.8 Å². The van der Waals surface area contributed by atoms with Gasteiger partial charge in [0.05, 0.1) is 17.9 Å². The lowest BCUT2D eigenvalue weighted by atomic mass is 9.90. The number of carbonyl (C=O) groups is 1. The molecule has 0 fully saturated rings. The Kier molecular flexibility index (Phi) is 8.10. The van der Waals surface area contributed by atoms with Crippen LogP contribution in [0.1, 0.15) is 43.2 Å². The van der Waals surface area contributed by atoms with Crippen molar-refractivity contribution in [1.29, 1.82) is 0 Å². The van der Waals surface area contributed by atoms with Crippen LogP contribution in [-0.2, 0) is 28.2 Å². The number of benzene rings is 2. The molecule has 31 heavy (non-hydrogen) atoms. The van der Waals surface area contributed by atoms with E-state index >= 15 is 0 Å². The number of carbonyl (C=O) groups excluding carboxylic acids is 1. The van der Waals surface area contributed by atoms with Crippen LogP contribution >= 0.6 is 11.8 Å². The molecule has 2 aromatic carbocycles. The van der Waals surface area contributed by atoms with E-state index in [9.17, 15) is 4.79 Å². The Labute approximate surface area is 189 Å². The monoisotopic (exact) mass is 436 g/mol. The summed E-state index contributed by atoms with van der Waals surface area (Å²) < 4.78 is 5.03. The highest BCUT2D eigenvalue weighted by molar-refractivity contribution is 7.99. The summed E-state index contributed by atoms with van der Waals surface area (Å²) in [5.41, 5.74) is 14.2. The largest absolute Gasteiger partial charge is 0.465 e. The number of ether oxygens (including phenoxy) is 1. The van der Waals surface area contributed by atoms with Gasteiger partial charge in [0.25, 0.3) is 0 Å². The zero-order valence-corrected chi connectivity index (χ0v) is 19.7. The molecule has 0 atom stereocenters. The van der Waals surface area contributed by atoms with E-state index in [1.165, 1.54) is 16.7 Å². The van der Waals surface area contributed by atoms with Crippen LogP contribution in [-0.4, -0.2) is 23.3 Å². The lowest BCUT2D eigenvalue weighted by Gasteiger charge is -2.18. The molecule has 0 unspecified atom stereocenters. The molecule has 0 radical (unpaired) electrons. The molecule has 0 aliphatic carbocycles. The van der Waals surface area contributed by atoms with E-state index in [0.717, 1.165) is 39.9 Å². The molecule has 0 saturated carbocycles. The number of nitrogens with two attached hydrogens (primary N) is 1. The number of aromatic nitrogens is 1. The van der Waals surface area contributed by atoms with Gasteiger partial charge in [-0.05, 0) is 60.6 Å². The lowest BCUT2D eigenvalue weighted by molar-refractivity contribution is -0.139. The maximum absolute atomic E-state index is 11.7. The van der Waals surface area contributed by atoms with Crippen LogP contribution in [0.5, 0.6) is 0 Å². The lowest BCUT2D eigenvalue weighted by Crippen LogP contribution is -2.10. The van der Waals surface area contributed by atoms with E-state index in [2.05, 4.69) is 63.2 Å². The summed E-state index contributed by atoms with van der Waals surface area (Å²) in [6.07, 6.45) is 0.901. The van der Waals surface area contributed by atoms with Crippen molar-refractivity contribution in [2.24, 2.45) is 11.7 Å². The predicted molar refractivity (Wildman–Crippen MR) is 131 cm³/mol. The van der Waals surface area contributed by atoms with Gasteiger partial charge < -0.3 is 10.5 Å². The quantitative estimate of drug-likeness (QED) is 0.438. The fraction of sp³-hybridized carbons (Fsp3) is 0.385. The van der Waals surface area contributed by atoms with Crippen LogP contribution in [0.25, 0.3) is 22.0 Å². The standard InChI is InChI=1S/C26H32N2O2S/c1-5-30-25(29)16-31-15-19-8-11-23-21(13-19)26(20-9-6-18(4)7-10-20)22(14-27)24(28-23)12-17(2)3/h6-11,13,17H,5,12,14-16,27H2,1-4H3. The molecule has 4 nitrogen and oxygen atoms in total. The molecular formula is C26H32N2O2S. The minimum absolute atomic E-state index is 0.168. The van der Waals surface area contributed by atoms with Crippen LogP contribution in [0.2, 0.25) is 0 Å². The van der Waals surface area contributed by atoms with Crippen molar-refractivity contribution in [3.05, 3.63) is 64.8 Å². The number of pyridine rings is 1. The highest BCUT2D eigenvalue weighted by atomic mass is 32.2. The Hall–Kier alpha value is -2.37. The van der Waals surface area contributed by atoms with Crippen LogP contribution in [0.15, 0.2) is 42.5 Å². The maximum atomic E-state index is 11.7. The molecule has 1 aromatic heterocycles. The number of thioether (sulfide) groups is 1. The molecule has 0 aliphatic heterocycles. The van der Waals surface area contributed by atoms with Gasteiger partial charge in [0.1, 0.15) is 0 Å². The first-order valence-corrected chi connectivity index (χ1v) is 12.0. The SMILES string of the molecule is CCOC(=O)CSCc1ccc2nc(CC(C)C)c(CN)c(-c3ccc(C)cc3)c2c1. The zero-order valence-electron chi connectivity index (χ0n) is 18.9. The van der Waals surface area contributed by atoms with Crippen LogP contribution in [0.4, 0.5) is 0 Å². The summed E-state index contributed by atoms with van der Waals surface area (Å²) in [6.45, 7) is 9.22. The first-order chi connectivity index (χ1) is 14.9. The number of fused-ring (bicyclic) bond motifs is 1. The molecule has 1 heterocycles. The van der Waals surface area contributed by atoms with Gasteiger partial charge in [-0.3, -0.25) is 9.78 Å². The normalized spacial score (nSPS) is 11.3. The van der Waals surface area contributed by atoms with E-state index in [0.29, 0.717) is 24.8 Å². The summed E-state index contributed by atoms with van der Waals surface area (Å²) in [5, 5.41) is 1.12. The third kappa shape index (κ3) is 5.86. The fourth-order valence-electron chi connectivity index (χ4n) is 3.77. The third-order valence-corrected chi connectivity index (χ3v) is 6.15. The van der Waals surface area contributed by atoms with Gasteiger partial charge in [-0.2, -0.15) is 0 Å². The Morgan fingerprint density at radius 3 is 2.55 bits per heavy atom. The van der Waals surface area contributed by atoms with Gasteiger partial charge in [0.2, 0.25) is 0 Å². The van der Waals surface area contributed by atoms with Crippen LogP contribution in [0.3, 0.4) is 0 Å². The molecule has 0 aliphatic rings. The highest BCUT2D eigenvalue weighted by Crippen LogP contribution is 2.35. The number of hydrogen-bond donors (Lipinski definition) is 1. The number of nitrogens with zero attached hydrogens (tertiary/aromatic N) is 1. The first kappa shape index (κ1) is 23.3. The maximum Gasteiger partial charge on any atom is 0.315 e. The summed E-state index contributed by atoms with van der Waals surface area (Å²) in [5.74, 6) is 1.43. The molecule has 164 valence electrons. The summed E-state index contributed by atoms with van der Waals surface area (Å²) in [4.78, 5) is 16.7. The molecule has 0 bridgehead atoms. The Morgan fingerprint density at radius 2 is 1.90 bits per heavy atom. The Balaban J connectivity index is 2.07. The predicted octanol–water partition coefficient (Wildman–Crippen LogP) is 5.66. The second-order valence-electron chi connectivity index (χ2n) is 8.23. The second kappa shape index (κ2) is 10.8. The molecule has 0 spiro atoms. The molecule has 0 saturated heterocycles. The number of esters is 1. The van der Waals surface area contributed by atoms with Crippen molar-refractivity contribution in [3.8, 4) is 11.1 Å². The fourth-order valence-corrected chi connectivity index (χ4v) is 4.54. The third-order valence-electron chi connectivity index (χ3n) is 5.18. The topological polar surface area (TPSA) is 65.2 Å². The van der Waals surface area contributed by atoms with E-state index in [4.69, 9.17) is 15.5 Å². The van der Waals surface area contributed by atoms with Crippen molar-refractivity contribution in [2.75, 3.05) is 12.4 Å². The van der Waals surface area contributed by atoms with Gasteiger partial charge in [0, 0.05) is 23.4 Å². The number of aryl methyl sites for hydroxylation is 1. The summed E-state index contributed by atoms with van der Waals surface area (Å²) in [7, 11) is 0. The van der Waals surface area contributed by atoms with Crippen molar-refractivity contribution in [3.63, 3.8) is 0 Å².